The molecule has 0 spiro atoms. The first-order valence-corrected chi connectivity index (χ1v) is 18.1. The number of likely N-dealkylation sites (tertiary alicyclic amines) is 1. The average Bonchev–Trinajstić information content (AvgIpc) is 3.43. The van der Waals surface area contributed by atoms with E-state index in [1.165, 1.54) is 17.2 Å². The van der Waals surface area contributed by atoms with Gasteiger partial charge in [-0.15, -0.1) is 0 Å². The highest BCUT2D eigenvalue weighted by molar-refractivity contribution is 5.87. The van der Waals surface area contributed by atoms with Crippen LogP contribution in [-0.2, 0) is 37.3 Å². The van der Waals surface area contributed by atoms with Crippen LogP contribution in [0.4, 0.5) is 14.5 Å². The zero-order valence-corrected chi connectivity index (χ0v) is 31.1. The van der Waals surface area contributed by atoms with Crippen molar-refractivity contribution in [1.82, 2.24) is 14.8 Å². The normalized spacial score (nSPS) is 19.6. The summed E-state index contributed by atoms with van der Waals surface area (Å²) < 4.78 is 28.0. The van der Waals surface area contributed by atoms with E-state index in [0.29, 0.717) is 26.1 Å². The molecule has 272 valence electrons. The number of alkyl halides is 1. The highest BCUT2D eigenvalue weighted by Gasteiger charge is 2.32. The predicted molar refractivity (Wildman–Crippen MR) is 197 cm³/mol. The van der Waals surface area contributed by atoms with E-state index >= 15 is 0 Å². The molecule has 4 heterocycles. The van der Waals surface area contributed by atoms with Crippen LogP contribution in [0.15, 0.2) is 36.4 Å². The quantitative estimate of drug-likeness (QED) is 0.252. The lowest BCUT2D eigenvalue weighted by molar-refractivity contribution is -0.136. The second kappa shape index (κ2) is 15.5. The number of aromatic nitrogens is 1. The Morgan fingerprint density at radius 2 is 1.68 bits per heavy atom. The van der Waals surface area contributed by atoms with E-state index < -0.39 is 17.7 Å². The van der Waals surface area contributed by atoms with Gasteiger partial charge in [-0.2, -0.15) is 0 Å². The molecule has 0 amide bonds. The van der Waals surface area contributed by atoms with Crippen LogP contribution in [-0.4, -0.2) is 75.5 Å². The Hall–Kier alpha value is -3.40. The summed E-state index contributed by atoms with van der Waals surface area (Å²) in [5, 5.41) is 18.5. The number of rotatable bonds is 8. The number of aliphatic carboxylic acids is 1. The summed E-state index contributed by atoms with van der Waals surface area (Å²) in [4.78, 5) is 24.2. The summed E-state index contributed by atoms with van der Waals surface area (Å²) in [7, 11) is 0. The van der Waals surface area contributed by atoms with Crippen LogP contribution < -0.4 is 4.90 Å². The summed E-state index contributed by atoms with van der Waals surface area (Å²) in [5.41, 5.74) is 9.91. The van der Waals surface area contributed by atoms with Crippen molar-refractivity contribution in [3.63, 3.8) is 0 Å². The average molecular weight is 691 g/mol. The molecule has 0 aliphatic carbocycles. The molecule has 0 saturated carbocycles. The first kappa shape index (κ1) is 37.8. The lowest BCUT2D eigenvalue weighted by Gasteiger charge is -2.40. The van der Waals surface area contributed by atoms with E-state index in [0.717, 1.165) is 96.9 Å². The second-order valence-electron chi connectivity index (χ2n) is 16.4. The number of fused-ring (bicyclic) bond motifs is 1. The third kappa shape index (κ3) is 9.89. The van der Waals surface area contributed by atoms with Gasteiger partial charge in [-0.05, 0) is 106 Å². The number of pyridine rings is 1. The van der Waals surface area contributed by atoms with Crippen LogP contribution in [0.25, 0.3) is 11.1 Å². The van der Waals surface area contributed by atoms with Crippen LogP contribution in [0.2, 0.25) is 0 Å². The summed E-state index contributed by atoms with van der Waals surface area (Å²) in [6.45, 7) is 19.6. The van der Waals surface area contributed by atoms with Gasteiger partial charge in [-0.3, -0.25) is 19.6 Å². The van der Waals surface area contributed by atoms with E-state index in [1.807, 2.05) is 19.9 Å². The van der Waals surface area contributed by atoms with Gasteiger partial charge in [-0.25, -0.2) is 8.78 Å². The first-order chi connectivity index (χ1) is 23.5. The molecule has 0 radical (unpaired) electrons. The number of carboxylic acid groups (broad SMARTS) is 1. The number of hydrogen-bond acceptors (Lipinski definition) is 6. The molecular weight excluding hydrogens is 634 g/mol. The summed E-state index contributed by atoms with van der Waals surface area (Å²) in [6, 6.07) is 11.7. The van der Waals surface area contributed by atoms with Gasteiger partial charge in [0.15, 0.2) is 0 Å². The highest BCUT2D eigenvalue weighted by atomic mass is 19.1. The van der Waals surface area contributed by atoms with Gasteiger partial charge in [0, 0.05) is 69.2 Å². The van der Waals surface area contributed by atoms with Crippen molar-refractivity contribution in [1.29, 1.82) is 0 Å². The zero-order valence-electron chi connectivity index (χ0n) is 31.1. The fourth-order valence-corrected chi connectivity index (χ4v) is 7.37. The van der Waals surface area contributed by atoms with Crippen molar-refractivity contribution in [3.8, 4) is 11.1 Å². The van der Waals surface area contributed by atoms with Gasteiger partial charge in [0.2, 0.25) is 0 Å². The molecule has 3 aromatic rings. The van der Waals surface area contributed by atoms with E-state index in [4.69, 9.17) is 10.1 Å². The summed E-state index contributed by atoms with van der Waals surface area (Å²) in [5.74, 6) is -1.06. The zero-order chi connectivity index (χ0) is 36.4. The van der Waals surface area contributed by atoms with Crippen LogP contribution in [0.5, 0.6) is 0 Å². The van der Waals surface area contributed by atoms with E-state index in [-0.39, 0.29) is 17.7 Å². The Morgan fingerprint density at radius 3 is 2.30 bits per heavy atom. The Kier molecular flexibility index (Phi) is 11.7. The molecular formula is C41H56F2N4O3. The van der Waals surface area contributed by atoms with Gasteiger partial charge in [0.05, 0.1) is 23.4 Å². The number of carboxylic acids is 1. The molecule has 6 rings (SSSR count). The number of carbonyl (C=O) groups is 1. The van der Waals surface area contributed by atoms with Crippen molar-refractivity contribution >= 4 is 11.7 Å². The van der Waals surface area contributed by atoms with Gasteiger partial charge < -0.3 is 15.1 Å². The minimum atomic E-state index is -0.862. The van der Waals surface area contributed by atoms with Crippen LogP contribution >= 0.6 is 0 Å². The number of piperidine rings is 1. The van der Waals surface area contributed by atoms with Gasteiger partial charge in [0.1, 0.15) is 12.0 Å². The molecule has 3 aliphatic rings. The first-order valence-electron chi connectivity index (χ1n) is 18.1. The highest BCUT2D eigenvalue weighted by Crippen LogP contribution is 2.43. The Balaban J connectivity index is 0.000000908. The smallest absolute Gasteiger partial charge is 0.307 e. The molecule has 2 N–H and O–H groups in total. The SMILES string of the molecule is CC(C)(C)O.Cc1cc(F)ccc1CN1CCc2cc(-c3c(CN4CCC(F)C4)nc(C)c(CC(=O)O)c3N3CCC(C)(C)CC3)ccc2C1. The summed E-state index contributed by atoms with van der Waals surface area (Å²) >= 11 is 0. The Morgan fingerprint density at radius 1 is 0.980 bits per heavy atom. The van der Waals surface area contributed by atoms with E-state index in [1.54, 1.807) is 26.8 Å². The molecule has 1 atom stereocenters. The predicted octanol–water partition coefficient (Wildman–Crippen LogP) is 7.64. The molecule has 2 fully saturated rings. The standard InChI is InChI=1S/C37H46F2N4O2.C4H10O/c1-24-17-30(38)8-7-28(24)20-41-13-9-26-18-27(5-6-29(26)21-41)35-33(23-42-14-10-31(39)22-42)40-25(2)32(19-34(44)45)36(35)43-15-11-37(3,4)12-16-43;1-4(2,3)5/h5-8,17-18,31H,9-16,19-23H2,1-4H3,(H,44,45);5H,1-3H3. The molecule has 2 saturated heterocycles. The number of anilines is 1. The van der Waals surface area contributed by atoms with Crippen molar-refractivity contribution in [2.24, 2.45) is 5.41 Å². The number of hydrogen-bond donors (Lipinski definition) is 2. The summed E-state index contributed by atoms with van der Waals surface area (Å²) in [6.07, 6.45) is 2.57. The number of aliphatic hydroxyl groups is 1. The van der Waals surface area contributed by atoms with Crippen molar-refractivity contribution in [2.45, 2.75) is 112 Å². The fourth-order valence-electron chi connectivity index (χ4n) is 7.37. The van der Waals surface area contributed by atoms with Crippen LogP contribution in [0.3, 0.4) is 0 Å². The topological polar surface area (TPSA) is 80.1 Å². The van der Waals surface area contributed by atoms with Crippen molar-refractivity contribution in [3.05, 3.63) is 81.4 Å². The van der Waals surface area contributed by atoms with Crippen LogP contribution in [0, 0.1) is 25.1 Å². The van der Waals surface area contributed by atoms with Crippen molar-refractivity contribution < 1.29 is 23.8 Å². The van der Waals surface area contributed by atoms with Gasteiger partial charge in [-0.1, -0.05) is 38.1 Å². The molecule has 2 aromatic carbocycles. The van der Waals surface area contributed by atoms with Crippen molar-refractivity contribution in [2.75, 3.05) is 37.6 Å². The maximum absolute atomic E-state index is 14.3. The largest absolute Gasteiger partial charge is 0.481 e. The minimum absolute atomic E-state index is 0.0830. The molecule has 0 bridgehead atoms. The van der Waals surface area contributed by atoms with E-state index in [9.17, 15) is 18.7 Å². The minimum Gasteiger partial charge on any atom is -0.481 e. The Labute approximate surface area is 297 Å². The molecule has 1 unspecified atom stereocenters. The lowest BCUT2D eigenvalue weighted by Crippen LogP contribution is -2.38. The molecule has 50 heavy (non-hydrogen) atoms. The molecule has 9 heteroatoms. The lowest BCUT2D eigenvalue weighted by atomic mass is 9.81. The number of halogens is 2. The van der Waals surface area contributed by atoms with Crippen LogP contribution in [0.1, 0.15) is 93.1 Å². The number of benzene rings is 2. The third-order valence-electron chi connectivity index (χ3n) is 10.2. The molecule has 1 aromatic heterocycles. The third-order valence-corrected chi connectivity index (χ3v) is 10.2. The second-order valence-corrected chi connectivity index (χ2v) is 16.4. The maximum Gasteiger partial charge on any atom is 0.307 e. The Bertz CT molecular complexity index is 1670. The number of nitrogens with zero attached hydrogens (tertiary/aromatic N) is 4. The molecule has 7 nitrogen and oxygen atoms in total. The number of aryl methyl sites for hydroxylation is 2. The van der Waals surface area contributed by atoms with Gasteiger partial charge in [0.25, 0.3) is 0 Å². The fraction of sp³-hybridized carbons (Fsp3) is 0.561. The van der Waals surface area contributed by atoms with E-state index in [2.05, 4.69) is 46.7 Å². The maximum atomic E-state index is 14.3. The molecule has 3 aliphatic heterocycles. The van der Waals surface area contributed by atoms with Gasteiger partial charge >= 0.3 is 5.97 Å². The monoisotopic (exact) mass is 690 g/mol.